The molecule has 0 N–H and O–H groups in total. The fourth-order valence-electron chi connectivity index (χ4n) is 1.97. The summed E-state index contributed by atoms with van der Waals surface area (Å²) in [4.78, 5) is 11.4. The van der Waals surface area contributed by atoms with E-state index in [2.05, 4.69) is 4.74 Å². The van der Waals surface area contributed by atoms with Crippen molar-refractivity contribution < 1.29 is 13.9 Å². The molecule has 0 amide bonds. The second kappa shape index (κ2) is 9.72. The first-order valence-corrected chi connectivity index (χ1v) is 7.06. The number of methoxy groups -OCH3 is 1. The number of carbonyl (C=O) groups is 1. The Balaban J connectivity index is 0.00000141. The van der Waals surface area contributed by atoms with E-state index in [9.17, 15) is 9.18 Å². The third-order valence-corrected chi connectivity index (χ3v) is 3.13. The number of benzene rings is 2. The Kier molecular flexibility index (Phi) is 8.76. The first-order valence-electron chi connectivity index (χ1n) is 7.06. The second-order valence-corrected chi connectivity index (χ2v) is 4.35. The van der Waals surface area contributed by atoms with Crippen LogP contribution in [-0.2, 0) is 9.53 Å². The molecule has 2 rings (SSSR count). The van der Waals surface area contributed by atoms with Gasteiger partial charge in [-0.15, -0.1) is 0 Å². The molecule has 0 heterocycles. The lowest BCUT2D eigenvalue weighted by Crippen LogP contribution is -2.11. The zero-order valence-electron chi connectivity index (χ0n) is 12.9. The van der Waals surface area contributed by atoms with Gasteiger partial charge in [-0.2, -0.15) is 0 Å². The summed E-state index contributed by atoms with van der Waals surface area (Å²) in [5.41, 5.74) is 1.96. The minimum atomic E-state index is -0.468. The highest BCUT2D eigenvalue weighted by Gasteiger charge is 2.17. The first-order chi connectivity index (χ1) is 10.1. The predicted molar refractivity (Wildman–Crippen MR) is 90.3 cm³/mol. The van der Waals surface area contributed by atoms with Crippen LogP contribution in [0.3, 0.4) is 0 Å². The highest BCUT2D eigenvalue weighted by molar-refractivity contribution is 5.78. The van der Waals surface area contributed by atoms with Gasteiger partial charge in [0.15, 0.2) is 0 Å². The summed E-state index contributed by atoms with van der Waals surface area (Å²) in [5, 5.41) is 0. The first kappa shape index (κ1) is 19.8. The number of rotatable bonds is 3. The van der Waals surface area contributed by atoms with Crippen molar-refractivity contribution in [1.29, 1.82) is 0 Å². The molecule has 0 fully saturated rings. The Hall–Kier alpha value is -2.16. The summed E-state index contributed by atoms with van der Waals surface area (Å²) < 4.78 is 18.8. The van der Waals surface area contributed by atoms with Gasteiger partial charge >= 0.3 is 5.97 Å². The van der Waals surface area contributed by atoms with Crippen LogP contribution in [0, 0.1) is 5.82 Å². The molecule has 0 aliphatic rings. The molecule has 0 aromatic heterocycles. The Bertz CT molecular complexity index is 579. The van der Waals surface area contributed by atoms with Crippen LogP contribution in [0.5, 0.6) is 0 Å². The normalized spacial score (nSPS) is 10.6. The topological polar surface area (TPSA) is 26.3 Å². The van der Waals surface area contributed by atoms with Gasteiger partial charge in [0, 0.05) is 5.56 Å². The highest BCUT2D eigenvalue weighted by atomic mass is 19.1. The summed E-state index contributed by atoms with van der Waals surface area (Å²) in [7, 11) is 1.33. The van der Waals surface area contributed by atoms with Gasteiger partial charge in [-0.1, -0.05) is 63.7 Å². The van der Waals surface area contributed by atoms with Crippen LogP contribution in [0.25, 0.3) is 11.1 Å². The Labute approximate surface area is 132 Å². The molecule has 0 saturated carbocycles. The Morgan fingerprint density at radius 2 is 1.68 bits per heavy atom. The van der Waals surface area contributed by atoms with Crippen LogP contribution in [0.4, 0.5) is 4.39 Å². The molecule has 22 heavy (non-hydrogen) atoms. The van der Waals surface area contributed by atoms with E-state index >= 15 is 0 Å². The molecule has 0 aliphatic heterocycles. The maximum Gasteiger partial charge on any atom is 0.312 e. The van der Waals surface area contributed by atoms with Gasteiger partial charge < -0.3 is 4.74 Å². The highest BCUT2D eigenvalue weighted by Crippen LogP contribution is 2.26. The largest absolute Gasteiger partial charge is 0.469 e. The zero-order valence-corrected chi connectivity index (χ0v) is 12.9. The molecule has 2 aromatic rings. The van der Waals surface area contributed by atoms with Crippen molar-refractivity contribution in [3.8, 4) is 11.1 Å². The third kappa shape index (κ3) is 4.69. The van der Waals surface area contributed by atoms with Crippen LogP contribution in [0.1, 0.15) is 39.7 Å². The number of esters is 1. The van der Waals surface area contributed by atoms with E-state index in [1.54, 1.807) is 19.1 Å². The summed E-state index contributed by atoms with van der Waals surface area (Å²) in [5.74, 6) is -1.17. The van der Waals surface area contributed by atoms with E-state index in [0.717, 1.165) is 5.56 Å². The van der Waals surface area contributed by atoms with Gasteiger partial charge in [0.1, 0.15) is 5.82 Å². The fourth-order valence-corrected chi connectivity index (χ4v) is 1.97. The summed E-state index contributed by atoms with van der Waals surface area (Å²) in [6.07, 6.45) is 0. The van der Waals surface area contributed by atoms with Crippen molar-refractivity contribution >= 4 is 5.97 Å². The molecule has 0 aliphatic carbocycles. The molecule has 2 nitrogen and oxygen atoms in total. The smallest absolute Gasteiger partial charge is 0.312 e. The van der Waals surface area contributed by atoms with Crippen LogP contribution in [-0.4, -0.2) is 13.1 Å². The average molecular weight is 304 g/mol. The Morgan fingerprint density at radius 1 is 1.09 bits per heavy atom. The van der Waals surface area contributed by atoms with Crippen molar-refractivity contribution in [3.05, 3.63) is 59.9 Å². The molecule has 0 saturated heterocycles. The molecule has 120 valence electrons. The van der Waals surface area contributed by atoms with Gasteiger partial charge in [-0.3, -0.25) is 4.79 Å². The maximum absolute atomic E-state index is 14.1. The fraction of sp³-hybridized carbons (Fsp3) is 0.316. The van der Waals surface area contributed by atoms with E-state index in [1.807, 2.05) is 44.2 Å². The van der Waals surface area contributed by atoms with Crippen LogP contribution in [0.15, 0.2) is 48.5 Å². The van der Waals surface area contributed by atoms with Crippen LogP contribution in [0.2, 0.25) is 0 Å². The monoisotopic (exact) mass is 304 g/mol. The molecule has 0 bridgehead atoms. The minimum absolute atomic E-state index is 0. The van der Waals surface area contributed by atoms with E-state index < -0.39 is 5.92 Å². The number of ether oxygens (including phenoxy) is 1. The van der Waals surface area contributed by atoms with Crippen molar-refractivity contribution in [3.63, 3.8) is 0 Å². The summed E-state index contributed by atoms with van der Waals surface area (Å²) >= 11 is 0. The van der Waals surface area contributed by atoms with Crippen LogP contribution >= 0.6 is 0 Å². The molecule has 0 radical (unpaired) electrons. The lowest BCUT2D eigenvalue weighted by Gasteiger charge is -2.11. The van der Waals surface area contributed by atoms with Gasteiger partial charge in [0.25, 0.3) is 0 Å². The lowest BCUT2D eigenvalue weighted by atomic mass is 9.97. The van der Waals surface area contributed by atoms with Gasteiger partial charge in [0.05, 0.1) is 13.0 Å². The standard InChI is InChI=1S/C16H15FO2.C2H6.CH4/c1-11(16(18)19-2)13-8-9-14(15(17)10-13)12-6-4-3-5-7-12;1-2;/h3-11H,1-2H3;1-2H3;1H4. The lowest BCUT2D eigenvalue weighted by molar-refractivity contribution is -0.141. The van der Waals surface area contributed by atoms with E-state index in [1.165, 1.54) is 13.2 Å². The van der Waals surface area contributed by atoms with E-state index in [4.69, 9.17) is 0 Å². The van der Waals surface area contributed by atoms with Crippen LogP contribution < -0.4 is 0 Å². The van der Waals surface area contributed by atoms with Crippen molar-refractivity contribution in [2.75, 3.05) is 7.11 Å². The molecular formula is C19H25FO2. The van der Waals surface area contributed by atoms with Crippen molar-refractivity contribution in [1.82, 2.24) is 0 Å². The number of hydrogen-bond donors (Lipinski definition) is 0. The number of carbonyl (C=O) groups excluding carboxylic acids is 1. The van der Waals surface area contributed by atoms with Gasteiger partial charge in [0.2, 0.25) is 0 Å². The quantitative estimate of drug-likeness (QED) is 0.707. The van der Waals surface area contributed by atoms with Gasteiger partial charge in [-0.25, -0.2) is 4.39 Å². The maximum atomic E-state index is 14.1. The van der Waals surface area contributed by atoms with E-state index in [0.29, 0.717) is 11.1 Å². The Morgan fingerprint density at radius 3 is 2.18 bits per heavy atom. The molecular weight excluding hydrogens is 279 g/mol. The predicted octanol–water partition coefficient (Wildman–Crippen LogP) is 5.43. The number of hydrogen-bond acceptors (Lipinski definition) is 2. The summed E-state index contributed by atoms with van der Waals surface area (Å²) in [6.45, 7) is 5.70. The van der Waals surface area contributed by atoms with E-state index in [-0.39, 0.29) is 19.2 Å². The third-order valence-electron chi connectivity index (χ3n) is 3.13. The van der Waals surface area contributed by atoms with Crippen molar-refractivity contribution in [2.45, 2.75) is 34.1 Å². The average Bonchev–Trinajstić information content (AvgIpc) is 2.56. The zero-order chi connectivity index (χ0) is 15.8. The summed E-state index contributed by atoms with van der Waals surface area (Å²) in [6, 6.07) is 14.1. The minimum Gasteiger partial charge on any atom is -0.469 e. The molecule has 1 unspecified atom stereocenters. The second-order valence-electron chi connectivity index (χ2n) is 4.35. The molecule has 2 aromatic carbocycles. The molecule has 3 heteroatoms. The molecule has 0 spiro atoms. The van der Waals surface area contributed by atoms with Gasteiger partial charge in [-0.05, 0) is 24.1 Å². The van der Waals surface area contributed by atoms with Crippen molar-refractivity contribution in [2.24, 2.45) is 0 Å². The number of halogens is 1. The SMILES string of the molecule is C.CC.COC(=O)C(C)c1ccc(-c2ccccc2)c(F)c1. The molecule has 1 atom stereocenters.